The molecule has 3 N–H and O–H groups in total. The van der Waals surface area contributed by atoms with Gasteiger partial charge in [0, 0.05) is 26.7 Å². The van der Waals surface area contributed by atoms with Crippen LogP contribution in [0.4, 0.5) is 15.8 Å². The van der Waals surface area contributed by atoms with Crippen LogP contribution in [0.2, 0.25) is 0 Å². The van der Waals surface area contributed by atoms with Gasteiger partial charge in [-0.3, -0.25) is 14.4 Å². The largest absolute Gasteiger partial charge is 0.465 e. The molecule has 0 saturated heterocycles. The fraction of sp³-hybridized carbons (Fsp3) is 0.100. The van der Waals surface area contributed by atoms with Gasteiger partial charge in [0.1, 0.15) is 17.3 Å². The van der Waals surface area contributed by atoms with E-state index < -0.39 is 22.9 Å². The van der Waals surface area contributed by atoms with E-state index in [1.54, 1.807) is 66.7 Å². The van der Waals surface area contributed by atoms with Gasteiger partial charge in [-0.25, -0.2) is 4.39 Å². The number of thioether (sulfide) groups is 1. The van der Waals surface area contributed by atoms with Crippen LogP contribution in [0.15, 0.2) is 111 Å². The Morgan fingerprint density at radius 2 is 1.77 bits per heavy atom. The standard InChI is InChI=1S/C30H25BrFN3O4S/c1-2-27(30(38)34-25-14-13-20(31)16-24(25)32)40-23-12-6-10-21(17-23)33-29(37)26(18-22-11-7-15-39-22)35-28(36)19-8-4-3-5-9-19/h3-18,27H,2H2,1H3,(H,33,37)(H,34,38)(H,35,36)/b26-18-. The van der Waals surface area contributed by atoms with Gasteiger partial charge < -0.3 is 20.4 Å². The van der Waals surface area contributed by atoms with Crippen molar-refractivity contribution in [3.05, 3.63) is 119 Å². The Hall–Kier alpha value is -4.15. The van der Waals surface area contributed by atoms with Crippen LogP contribution in [0.5, 0.6) is 0 Å². The van der Waals surface area contributed by atoms with Crippen LogP contribution in [0.1, 0.15) is 29.5 Å². The second-order valence-electron chi connectivity index (χ2n) is 8.50. The molecule has 204 valence electrons. The molecule has 10 heteroatoms. The first-order chi connectivity index (χ1) is 19.3. The molecule has 1 heterocycles. The fourth-order valence-electron chi connectivity index (χ4n) is 3.59. The Morgan fingerprint density at radius 3 is 2.48 bits per heavy atom. The third kappa shape index (κ3) is 7.93. The van der Waals surface area contributed by atoms with Crippen molar-refractivity contribution in [1.29, 1.82) is 0 Å². The molecule has 3 amide bonds. The Morgan fingerprint density at radius 1 is 0.975 bits per heavy atom. The molecule has 1 atom stereocenters. The summed E-state index contributed by atoms with van der Waals surface area (Å²) in [5.41, 5.74) is 0.945. The van der Waals surface area contributed by atoms with Gasteiger partial charge in [0.2, 0.25) is 5.91 Å². The summed E-state index contributed by atoms with van der Waals surface area (Å²) >= 11 is 4.50. The van der Waals surface area contributed by atoms with Crippen LogP contribution in [0.25, 0.3) is 6.08 Å². The summed E-state index contributed by atoms with van der Waals surface area (Å²) in [7, 11) is 0. The lowest BCUT2D eigenvalue weighted by atomic mass is 10.2. The summed E-state index contributed by atoms with van der Waals surface area (Å²) < 4.78 is 20.1. The van der Waals surface area contributed by atoms with E-state index in [1.165, 1.54) is 36.2 Å². The molecule has 0 aliphatic heterocycles. The van der Waals surface area contributed by atoms with Crippen molar-refractivity contribution in [2.75, 3.05) is 10.6 Å². The maximum atomic E-state index is 14.2. The maximum absolute atomic E-state index is 14.2. The summed E-state index contributed by atoms with van der Waals surface area (Å²) in [4.78, 5) is 39.6. The molecule has 7 nitrogen and oxygen atoms in total. The van der Waals surface area contributed by atoms with Crippen LogP contribution in [0.3, 0.4) is 0 Å². The topological polar surface area (TPSA) is 100 Å². The number of carbonyl (C=O) groups excluding carboxylic acids is 3. The average Bonchev–Trinajstić information content (AvgIpc) is 3.46. The first kappa shape index (κ1) is 28.8. The van der Waals surface area contributed by atoms with Gasteiger partial charge in [0.25, 0.3) is 11.8 Å². The monoisotopic (exact) mass is 621 g/mol. The number of anilines is 2. The first-order valence-electron chi connectivity index (χ1n) is 12.3. The van der Waals surface area contributed by atoms with Crippen molar-refractivity contribution in [3.8, 4) is 0 Å². The Bertz CT molecular complexity index is 1530. The van der Waals surface area contributed by atoms with E-state index in [9.17, 15) is 18.8 Å². The van der Waals surface area contributed by atoms with Crippen LogP contribution in [0, 0.1) is 5.82 Å². The van der Waals surface area contributed by atoms with Crippen molar-refractivity contribution >= 4 is 62.9 Å². The van der Waals surface area contributed by atoms with Crippen molar-refractivity contribution in [1.82, 2.24) is 5.32 Å². The van der Waals surface area contributed by atoms with Gasteiger partial charge in [-0.1, -0.05) is 47.1 Å². The number of carbonyl (C=O) groups is 3. The van der Waals surface area contributed by atoms with Gasteiger partial charge in [0.05, 0.1) is 17.2 Å². The zero-order valence-corrected chi connectivity index (χ0v) is 23.7. The highest BCUT2D eigenvalue weighted by Crippen LogP contribution is 2.29. The molecular weight excluding hydrogens is 597 g/mol. The van der Waals surface area contributed by atoms with Crippen LogP contribution >= 0.6 is 27.7 Å². The van der Waals surface area contributed by atoms with E-state index >= 15 is 0 Å². The number of amides is 3. The number of furan rings is 1. The zero-order chi connectivity index (χ0) is 28.5. The summed E-state index contributed by atoms with van der Waals surface area (Å²) in [5, 5.41) is 7.58. The average molecular weight is 623 g/mol. The molecule has 40 heavy (non-hydrogen) atoms. The second kappa shape index (κ2) is 13.8. The van der Waals surface area contributed by atoms with Gasteiger partial charge in [-0.2, -0.15) is 0 Å². The minimum absolute atomic E-state index is 0.0100. The molecule has 3 aromatic carbocycles. The van der Waals surface area contributed by atoms with Gasteiger partial charge in [-0.15, -0.1) is 11.8 Å². The smallest absolute Gasteiger partial charge is 0.272 e. The molecule has 0 saturated carbocycles. The van der Waals surface area contributed by atoms with Gasteiger partial charge >= 0.3 is 0 Å². The molecule has 1 aromatic heterocycles. The van der Waals surface area contributed by atoms with Gasteiger partial charge in [-0.05, 0) is 67.1 Å². The predicted octanol–water partition coefficient (Wildman–Crippen LogP) is 7.10. The quantitative estimate of drug-likeness (QED) is 0.129. The second-order valence-corrected chi connectivity index (χ2v) is 10.7. The summed E-state index contributed by atoms with van der Waals surface area (Å²) in [6.45, 7) is 1.86. The van der Waals surface area contributed by atoms with Gasteiger partial charge in [0.15, 0.2) is 0 Å². The van der Waals surface area contributed by atoms with E-state index in [-0.39, 0.29) is 17.3 Å². The van der Waals surface area contributed by atoms with Crippen LogP contribution in [-0.2, 0) is 9.59 Å². The lowest BCUT2D eigenvalue weighted by Gasteiger charge is -2.16. The highest BCUT2D eigenvalue weighted by molar-refractivity contribution is 9.10. The number of hydrogen-bond donors (Lipinski definition) is 3. The van der Waals surface area contributed by atoms with Crippen LogP contribution in [-0.4, -0.2) is 23.0 Å². The molecule has 0 bridgehead atoms. The number of rotatable bonds is 10. The van der Waals surface area contributed by atoms with Crippen molar-refractivity contribution in [3.63, 3.8) is 0 Å². The van der Waals surface area contributed by atoms with Crippen molar-refractivity contribution < 1.29 is 23.2 Å². The number of hydrogen-bond acceptors (Lipinski definition) is 5. The summed E-state index contributed by atoms with van der Waals surface area (Å²) in [5.74, 6) is -1.49. The number of halogens is 2. The molecule has 0 spiro atoms. The summed E-state index contributed by atoms with van der Waals surface area (Å²) in [6, 6.07) is 23.3. The fourth-order valence-corrected chi connectivity index (χ4v) is 4.94. The first-order valence-corrected chi connectivity index (χ1v) is 13.9. The minimum Gasteiger partial charge on any atom is -0.465 e. The zero-order valence-electron chi connectivity index (χ0n) is 21.3. The number of benzene rings is 3. The maximum Gasteiger partial charge on any atom is 0.272 e. The lowest BCUT2D eigenvalue weighted by molar-refractivity contribution is -0.116. The Kier molecular flexibility index (Phi) is 9.93. The molecule has 0 aliphatic rings. The normalized spacial score (nSPS) is 11.9. The number of nitrogens with one attached hydrogen (secondary N) is 3. The highest BCUT2D eigenvalue weighted by Gasteiger charge is 2.20. The molecule has 4 rings (SSSR count). The molecule has 0 aliphatic carbocycles. The molecule has 4 aromatic rings. The molecule has 0 radical (unpaired) electrons. The van der Waals surface area contributed by atoms with E-state index in [1.807, 2.05) is 13.0 Å². The third-order valence-electron chi connectivity index (χ3n) is 5.58. The molecular formula is C30H25BrFN3O4S. The summed E-state index contributed by atoms with van der Waals surface area (Å²) in [6.07, 6.45) is 3.40. The van der Waals surface area contributed by atoms with E-state index in [2.05, 4.69) is 31.9 Å². The SMILES string of the molecule is CCC(Sc1cccc(NC(=O)/C(=C/c2ccco2)NC(=O)c2ccccc2)c1)C(=O)Nc1ccc(Br)cc1F. The Labute approximate surface area is 243 Å². The highest BCUT2D eigenvalue weighted by atomic mass is 79.9. The van der Waals surface area contributed by atoms with E-state index in [4.69, 9.17) is 4.42 Å². The minimum atomic E-state index is -0.557. The van der Waals surface area contributed by atoms with E-state index in [0.29, 0.717) is 27.9 Å². The Balaban J connectivity index is 1.47. The molecule has 1 unspecified atom stereocenters. The predicted molar refractivity (Wildman–Crippen MR) is 158 cm³/mol. The lowest BCUT2D eigenvalue weighted by Crippen LogP contribution is -2.30. The molecule has 0 fully saturated rings. The van der Waals surface area contributed by atoms with Crippen molar-refractivity contribution in [2.45, 2.75) is 23.5 Å². The van der Waals surface area contributed by atoms with E-state index in [0.717, 1.165) is 4.90 Å². The third-order valence-corrected chi connectivity index (χ3v) is 7.43. The van der Waals surface area contributed by atoms with Crippen LogP contribution < -0.4 is 16.0 Å². The van der Waals surface area contributed by atoms with Crippen molar-refractivity contribution in [2.24, 2.45) is 0 Å².